The highest BCUT2D eigenvalue weighted by molar-refractivity contribution is 5.89. The van der Waals surface area contributed by atoms with Crippen LogP contribution in [0.4, 0.5) is 0 Å². The average Bonchev–Trinajstić information content (AvgIpc) is 3.37. The number of aromatic nitrogens is 1. The van der Waals surface area contributed by atoms with Crippen molar-refractivity contribution < 1.29 is 14.0 Å². The summed E-state index contributed by atoms with van der Waals surface area (Å²) in [5, 5.41) is 3.45. The van der Waals surface area contributed by atoms with Gasteiger partial charge in [0.1, 0.15) is 12.1 Å². The first kappa shape index (κ1) is 25.6. The van der Waals surface area contributed by atoms with Crippen molar-refractivity contribution in [2.75, 3.05) is 6.54 Å². The standard InChI is InChI=1S/C29H35N3O4/c1-4-22(27-31-23-16-9-11-19(2)25(23)29(35)36-27)30-26(33)24-17-10-18-32(24)28(34)20(3)12-8-15-21-13-6-5-7-14-21/h5-7,9,11,13-14,16,20,22,24H,4,8,10,12,15,17-18H2,1-3H3,(H,30,33)/t20?,22-,24-/m0/s1. The first-order valence-corrected chi connectivity index (χ1v) is 12.9. The molecular formula is C29H35N3O4. The van der Waals surface area contributed by atoms with Gasteiger partial charge in [0.05, 0.1) is 10.9 Å². The monoisotopic (exact) mass is 489 g/mol. The van der Waals surface area contributed by atoms with Crippen molar-refractivity contribution in [3.8, 4) is 0 Å². The number of rotatable bonds is 9. The summed E-state index contributed by atoms with van der Waals surface area (Å²) >= 11 is 0. The Kier molecular flexibility index (Phi) is 8.18. The maximum absolute atomic E-state index is 13.3. The summed E-state index contributed by atoms with van der Waals surface area (Å²) in [6, 6.07) is 14.7. The van der Waals surface area contributed by atoms with E-state index in [9.17, 15) is 14.4 Å². The minimum absolute atomic E-state index is 0.0274. The maximum atomic E-state index is 13.3. The van der Waals surface area contributed by atoms with Gasteiger partial charge in [-0.3, -0.25) is 9.59 Å². The number of hydrogen-bond acceptors (Lipinski definition) is 5. The van der Waals surface area contributed by atoms with Crippen LogP contribution in [0.5, 0.6) is 0 Å². The molecule has 3 aromatic rings. The molecule has 1 aliphatic rings. The normalized spacial score (nSPS) is 17.2. The molecule has 4 rings (SSSR count). The molecule has 36 heavy (non-hydrogen) atoms. The Morgan fingerprint density at radius 3 is 2.69 bits per heavy atom. The Bertz CT molecular complexity index is 1270. The van der Waals surface area contributed by atoms with E-state index in [-0.39, 0.29) is 23.6 Å². The van der Waals surface area contributed by atoms with E-state index in [2.05, 4.69) is 22.4 Å². The van der Waals surface area contributed by atoms with Crippen LogP contribution in [0.15, 0.2) is 57.7 Å². The predicted molar refractivity (Wildman–Crippen MR) is 139 cm³/mol. The second-order valence-corrected chi connectivity index (χ2v) is 9.75. The van der Waals surface area contributed by atoms with E-state index in [1.807, 2.05) is 51.1 Å². The summed E-state index contributed by atoms with van der Waals surface area (Å²) in [4.78, 5) is 45.4. The van der Waals surface area contributed by atoms with Crippen LogP contribution in [0.3, 0.4) is 0 Å². The SMILES string of the molecule is CC[C@H](NC(=O)[C@@H]1CCCN1C(=O)C(C)CCCc1ccccc1)c1nc2cccc(C)c2c(=O)o1. The number of aryl methyl sites for hydroxylation is 2. The van der Waals surface area contributed by atoms with Crippen LogP contribution < -0.4 is 10.9 Å². The molecule has 0 radical (unpaired) electrons. The molecule has 2 heterocycles. The van der Waals surface area contributed by atoms with Gasteiger partial charge in [-0.25, -0.2) is 9.78 Å². The Morgan fingerprint density at radius 1 is 1.17 bits per heavy atom. The Labute approximate surface area is 211 Å². The molecule has 1 aliphatic heterocycles. The summed E-state index contributed by atoms with van der Waals surface area (Å²) in [7, 11) is 0. The number of hydrogen-bond donors (Lipinski definition) is 1. The Morgan fingerprint density at radius 2 is 1.94 bits per heavy atom. The second kappa shape index (κ2) is 11.5. The molecule has 1 aromatic heterocycles. The van der Waals surface area contributed by atoms with Gasteiger partial charge in [-0.15, -0.1) is 0 Å². The van der Waals surface area contributed by atoms with Crippen LogP contribution in [0, 0.1) is 12.8 Å². The number of carbonyl (C=O) groups excluding carboxylic acids is 2. The predicted octanol–water partition coefficient (Wildman–Crippen LogP) is 4.71. The largest absolute Gasteiger partial charge is 0.406 e. The van der Waals surface area contributed by atoms with Gasteiger partial charge in [0.2, 0.25) is 17.7 Å². The minimum Gasteiger partial charge on any atom is -0.406 e. The lowest BCUT2D eigenvalue weighted by atomic mass is 9.99. The van der Waals surface area contributed by atoms with Gasteiger partial charge in [0.15, 0.2) is 0 Å². The van der Waals surface area contributed by atoms with Crippen LogP contribution >= 0.6 is 0 Å². The number of carbonyl (C=O) groups is 2. The molecule has 0 spiro atoms. The number of amides is 2. The smallest absolute Gasteiger partial charge is 0.347 e. The highest BCUT2D eigenvalue weighted by Gasteiger charge is 2.36. The molecule has 7 heteroatoms. The summed E-state index contributed by atoms with van der Waals surface area (Å²) in [6.45, 7) is 6.28. The molecule has 1 fully saturated rings. The van der Waals surface area contributed by atoms with Crippen LogP contribution in [0.1, 0.15) is 69.0 Å². The minimum atomic E-state index is -0.545. The van der Waals surface area contributed by atoms with Crippen molar-refractivity contribution in [2.45, 2.75) is 71.4 Å². The number of fused-ring (bicyclic) bond motifs is 1. The van der Waals surface area contributed by atoms with E-state index in [0.29, 0.717) is 30.3 Å². The highest BCUT2D eigenvalue weighted by atomic mass is 16.4. The summed E-state index contributed by atoms with van der Waals surface area (Å²) in [6.07, 6.45) is 4.56. The van der Waals surface area contributed by atoms with E-state index in [4.69, 9.17) is 4.42 Å². The fourth-order valence-electron chi connectivity index (χ4n) is 5.02. The highest BCUT2D eigenvalue weighted by Crippen LogP contribution is 2.24. The van der Waals surface area contributed by atoms with Crippen molar-refractivity contribution in [2.24, 2.45) is 5.92 Å². The molecule has 1 unspecified atom stereocenters. The molecule has 7 nitrogen and oxygen atoms in total. The Hall–Kier alpha value is -3.48. The van der Waals surface area contributed by atoms with E-state index < -0.39 is 17.7 Å². The van der Waals surface area contributed by atoms with Crippen molar-refractivity contribution >= 4 is 22.7 Å². The third-order valence-corrected chi connectivity index (χ3v) is 7.11. The van der Waals surface area contributed by atoms with Crippen molar-refractivity contribution in [3.05, 3.63) is 76.0 Å². The van der Waals surface area contributed by atoms with Gasteiger partial charge < -0.3 is 14.6 Å². The molecule has 0 bridgehead atoms. The zero-order chi connectivity index (χ0) is 25.7. The quantitative estimate of drug-likeness (QED) is 0.470. The van der Waals surface area contributed by atoms with Gasteiger partial charge in [-0.1, -0.05) is 56.3 Å². The fraction of sp³-hybridized carbons (Fsp3) is 0.448. The van der Waals surface area contributed by atoms with Crippen molar-refractivity contribution in [1.82, 2.24) is 15.2 Å². The van der Waals surface area contributed by atoms with Gasteiger partial charge >= 0.3 is 5.63 Å². The topological polar surface area (TPSA) is 92.5 Å². The van der Waals surface area contributed by atoms with E-state index in [1.165, 1.54) is 5.56 Å². The number of likely N-dealkylation sites (tertiary alicyclic amines) is 1. The summed E-state index contributed by atoms with van der Waals surface area (Å²) < 4.78 is 5.52. The van der Waals surface area contributed by atoms with E-state index >= 15 is 0 Å². The van der Waals surface area contributed by atoms with Gasteiger partial charge in [-0.05, 0) is 62.6 Å². The Balaban J connectivity index is 1.40. The molecule has 2 aromatic carbocycles. The summed E-state index contributed by atoms with van der Waals surface area (Å²) in [5.74, 6) is -0.149. The first-order valence-electron chi connectivity index (χ1n) is 12.9. The number of nitrogens with one attached hydrogen (secondary N) is 1. The molecule has 0 saturated carbocycles. The van der Waals surface area contributed by atoms with E-state index in [0.717, 1.165) is 31.2 Å². The lowest BCUT2D eigenvalue weighted by Gasteiger charge is -2.28. The zero-order valence-electron chi connectivity index (χ0n) is 21.3. The molecular weight excluding hydrogens is 454 g/mol. The zero-order valence-corrected chi connectivity index (χ0v) is 21.3. The van der Waals surface area contributed by atoms with Gasteiger partial charge in [-0.2, -0.15) is 0 Å². The average molecular weight is 490 g/mol. The van der Waals surface area contributed by atoms with E-state index in [1.54, 1.807) is 11.0 Å². The molecule has 1 saturated heterocycles. The van der Waals surface area contributed by atoms with Crippen molar-refractivity contribution in [1.29, 1.82) is 0 Å². The second-order valence-electron chi connectivity index (χ2n) is 9.75. The fourth-order valence-corrected chi connectivity index (χ4v) is 5.02. The van der Waals surface area contributed by atoms with Crippen LogP contribution in [-0.4, -0.2) is 34.3 Å². The molecule has 2 amide bonds. The third kappa shape index (κ3) is 5.66. The van der Waals surface area contributed by atoms with Crippen LogP contribution in [-0.2, 0) is 16.0 Å². The number of nitrogens with zero attached hydrogens (tertiary/aromatic N) is 2. The van der Waals surface area contributed by atoms with Crippen LogP contribution in [0.25, 0.3) is 10.9 Å². The third-order valence-electron chi connectivity index (χ3n) is 7.11. The lowest BCUT2D eigenvalue weighted by molar-refractivity contribution is -0.141. The first-order chi connectivity index (χ1) is 17.4. The van der Waals surface area contributed by atoms with Gasteiger partial charge in [0.25, 0.3) is 0 Å². The van der Waals surface area contributed by atoms with Crippen molar-refractivity contribution in [3.63, 3.8) is 0 Å². The number of benzene rings is 2. The molecule has 3 atom stereocenters. The molecule has 0 aliphatic carbocycles. The van der Waals surface area contributed by atoms with Gasteiger partial charge in [0, 0.05) is 12.5 Å². The summed E-state index contributed by atoms with van der Waals surface area (Å²) in [5.41, 5.74) is 2.17. The van der Waals surface area contributed by atoms with Crippen LogP contribution in [0.2, 0.25) is 0 Å². The lowest BCUT2D eigenvalue weighted by Crippen LogP contribution is -2.48. The molecule has 1 N–H and O–H groups in total. The molecule has 190 valence electrons. The maximum Gasteiger partial charge on any atom is 0.347 e.